The molecule has 0 unspecified atom stereocenters. The molecular formula is C18H22N2O2. The molecule has 4 nitrogen and oxygen atoms in total. The van der Waals surface area contributed by atoms with Gasteiger partial charge in [-0.2, -0.15) is 5.26 Å². The molecular weight excluding hydrogens is 276 g/mol. The number of hydrogen-bond donors (Lipinski definition) is 0. The SMILES string of the molecule is CC(C)(C)OC(=O)N1C[C@@H](c2ccccc2)[C@H](C#N)C12CC2. The van der Waals surface area contributed by atoms with E-state index in [2.05, 4.69) is 6.07 Å². The van der Waals surface area contributed by atoms with Crippen molar-refractivity contribution >= 4 is 6.09 Å². The van der Waals surface area contributed by atoms with Crippen LogP contribution in [0.1, 0.15) is 45.1 Å². The molecule has 0 aromatic heterocycles. The molecule has 1 saturated carbocycles. The van der Waals surface area contributed by atoms with Crippen LogP contribution in [0.4, 0.5) is 4.79 Å². The Balaban J connectivity index is 1.88. The lowest BCUT2D eigenvalue weighted by atomic mass is 9.85. The predicted molar refractivity (Wildman–Crippen MR) is 83.2 cm³/mol. The second kappa shape index (κ2) is 5.01. The Bertz CT molecular complexity index is 608. The summed E-state index contributed by atoms with van der Waals surface area (Å²) in [7, 11) is 0. The average Bonchev–Trinajstić information content (AvgIpc) is 3.14. The maximum absolute atomic E-state index is 12.5. The minimum absolute atomic E-state index is 0.0706. The van der Waals surface area contributed by atoms with Gasteiger partial charge in [0.1, 0.15) is 5.60 Å². The Hall–Kier alpha value is -2.02. The van der Waals surface area contributed by atoms with Crippen LogP contribution < -0.4 is 0 Å². The summed E-state index contributed by atoms with van der Waals surface area (Å²) in [5.41, 5.74) is 0.309. The van der Waals surface area contributed by atoms with Gasteiger partial charge in [0.2, 0.25) is 0 Å². The highest BCUT2D eigenvalue weighted by molar-refractivity contribution is 5.71. The molecule has 1 heterocycles. The van der Waals surface area contributed by atoms with E-state index in [0.717, 1.165) is 18.4 Å². The summed E-state index contributed by atoms with van der Waals surface area (Å²) in [5, 5.41) is 9.68. The Morgan fingerprint density at radius 2 is 1.95 bits per heavy atom. The third-order valence-electron chi connectivity index (χ3n) is 4.64. The van der Waals surface area contributed by atoms with Crippen LogP contribution in [0, 0.1) is 17.2 Å². The summed E-state index contributed by atoms with van der Waals surface area (Å²) >= 11 is 0. The molecule has 1 aromatic rings. The van der Waals surface area contributed by atoms with Gasteiger partial charge in [0.25, 0.3) is 0 Å². The normalized spacial score (nSPS) is 25.8. The molecule has 0 bridgehead atoms. The first-order valence-electron chi connectivity index (χ1n) is 7.82. The number of nitriles is 1. The molecule has 116 valence electrons. The van der Waals surface area contributed by atoms with E-state index in [1.54, 1.807) is 0 Å². The molecule has 2 aliphatic rings. The highest BCUT2D eigenvalue weighted by Gasteiger charge is 2.64. The topological polar surface area (TPSA) is 53.3 Å². The molecule has 1 aliphatic heterocycles. The smallest absolute Gasteiger partial charge is 0.410 e. The first-order valence-corrected chi connectivity index (χ1v) is 7.82. The second-order valence-electron chi connectivity index (χ2n) is 7.32. The number of ether oxygens (including phenoxy) is 1. The molecule has 2 atom stereocenters. The van der Waals surface area contributed by atoms with Crippen molar-refractivity contribution in [1.29, 1.82) is 5.26 Å². The average molecular weight is 298 g/mol. The van der Waals surface area contributed by atoms with Gasteiger partial charge in [-0.3, -0.25) is 0 Å². The van der Waals surface area contributed by atoms with Crippen LogP contribution >= 0.6 is 0 Å². The van der Waals surface area contributed by atoms with E-state index < -0.39 is 5.60 Å². The number of nitrogens with zero attached hydrogens (tertiary/aromatic N) is 2. The van der Waals surface area contributed by atoms with Gasteiger partial charge in [-0.15, -0.1) is 0 Å². The quantitative estimate of drug-likeness (QED) is 0.794. The fourth-order valence-electron chi connectivity index (χ4n) is 3.52. The number of carbonyl (C=O) groups is 1. The molecule has 0 N–H and O–H groups in total. The Morgan fingerprint density at radius 3 is 2.45 bits per heavy atom. The van der Waals surface area contributed by atoms with Gasteiger partial charge >= 0.3 is 6.09 Å². The van der Waals surface area contributed by atoms with Crippen LogP contribution in [0.5, 0.6) is 0 Å². The fourth-order valence-corrected chi connectivity index (χ4v) is 3.52. The summed E-state index contributed by atoms with van der Waals surface area (Å²) < 4.78 is 5.55. The van der Waals surface area contributed by atoms with E-state index in [4.69, 9.17) is 4.74 Å². The lowest BCUT2D eigenvalue weighted by Gasteiger charge is -2.29. The van der Waals surface area contributed by atoms with Crippen LogP contribution in [0.25, 0.3) is 0 Å². The van der Waals surface area contributed by atoms with Gasteiger partial charge in [-0.25, -0.2) is 4.79 Å². The first kappa shape index (κ1) is 14.9. The van der Waals surface area contributed by atoms with Crippen molar-refractivity contribution in [2.45, 2.75) is 50.7 Å². The van der Waals surface area contributed by atoms with Crippen molar-refractivity contribution in [1.82, 2.24) is 4.90 Å². The molecule has 4 heteroatoms. The maximum atomic E-state index is 12.5. The molecule has 1 aromatic carbocycles. The minimum atomic E-state index is -0.514. The van der Waals surface area contributed by atoms with Crippen molar-refractivity contribution in [3.05, 3.63) is 35.9 Å². The zero-order valence-corrected chi connectivity index (χ0v) is 13.4. The van der Waals surface area contributed by atoms with Crippen LogP contribution in [-0.2, 0) is 4.74 Å². The number of benzene rings is 1. The Morgan fingerprint density at radius 1 is 1.32 bits per heavy atom. The first-order chi connectivity index (χ1) is 10.4. The molecule has 1 amide bonds. The Kier molecular flexibility index (Phi) is 3.40. The van der Waals surface area contributed by atoms with Gasteiger partial charge in [0, 0.05) is 12.5 Å². The summed E-state index contributed by atoms with van der Waals surface area (Å²) in [6, 6.07) is 12.5. The zero-order chi connectivity index (χ0) is 16.0. The van der Waals surface area contributed by atoms with Gasteiger partial charge in [-0.1, -0.05) is 30.3 Å². The van der Waals surface area contributed by atoms with E-state index in [1.165, 1.54) is 0 Å². The van der Waals surface area contributed by atoms with E-state index in [9.17, 15) is 10.1 Å². The molecule has 0 radical (unpaired) electrons. The second-order valence-corrected chi connectivity index (χ2v) is 7.32. The van der Waals surface area contributed by atoms with Crippen molar-refractivity contribution < 1.29 is 9.53 Å². The summed E-state index contributed by atoms with van der Waals surface area (Å²) in [6.45, 7) is 6.18. The van der Waals surface area contributed by atoms with Crippen LogP contribution in [0.3, 0.4) is 0 Å². The predicted octanol–water partition coefficient (Wildman–Crippen LogP) is 3.69. The molecule has 22 heavy (non-hydrogen) atoms. The third kappa shape index (κ3) is 2.45. The lowest BCUT2D eigenvalue weighted by molar-refractivity contribution is 0.0190. The molecule has 1 saturated heterocycles. The number of amides is 1. The molecule has 1 aliphatic carbocycles. The monoisotopic (exact) mass is 298 g/mol. The van der Waals surface area contributed by atoms with Gasteiger partial charge < -0.3 is 9.64 Å². The van der Waals surface area contributed by atoms with E-state index in [1.807, 2.05) is 56.0 Å². The largest absolute Gasteiger partial charge is 0.444 e. The fraction of sp³-hybridized carbons (Fsp3) is 0.556. The van der Waals surface area contributed by atoms with Gasteiger partial charge in [0.15, 0.2) is 0 Å². The standard InChI is InChI=1S/C18H22N2O2/c1-17(2,3)22-16(21)20-12-14(13-7-5-4-6-8-13)15(11-19)18(20)9-10-18/h4-8,14-15H,9-10,12H2,1-3H3/t14-,15-/m0/s1. The zero-order valence-electron chi connectivity index (χ0n) is 13.4. The number of carbonyl (C=O) groups excluding carboxylic acids is 1. The molecule has 2 fully saturated rings. The van der Waals surface area contributed by atoms with Crippen molar-refractivity contribution in [2.24, 2.45) is 5.92 Å². The van der Waals surface area contributed by atoms with Crippen molar-refractivity contribution in [2.75, 3.05) is 6.54 Å². The van der Waals surface area contributed by atoms with Crippen molar-refractivity contribution in [3.8, 4) is 6.07 Å². The summed E-state index contributed by atoms with van der Waals surface area (Å²) in [4.78, 5) is 14.4. The van der Waals surface area contributed by atoms with Crippen LogP contribution in [0.15, 0.2) is 30.3 Å². The van der Waals surface area contributed by atoms with Crippen LogP contribution in [0.2, 0.25) is 0 Å². The van der Waals surface area contributed by atoms with Gasteiger partial charge in [0.05, 0.1) is 17.5 Å². The molecule has 1 spiro atoms. The highest BCUT2D eigenvalue weighted by Crippen LogP contribution is 2.57. The van der Waals surface area contributed by atoms with Crippen LogP contribution in [-0.4, -0.2) is 28.7 Å². The maximum Gasteiger partial charge on any atom is 0.410 e. The number of rotatable bonds is 1. The van der Waals surface area contributed by atoms with E-state index in [-0.39, 0.29) is 23.5 Å². The summed E-state index contributed by atoms with van der Waals surface area (Å²) in [5.74, 6) is -0.0800. The minimum Gasteiger partial charge on any atom is -0.444 e. The van der Waals surface area contributed by atoms with E-state index >= 15 is 0 Å². The van der Waals surface area contributed by atoms with Crippen molar-refractivity contribution in [3.63, 3.8) is 0 Å². The van der Waals surface area contributed by atoms with Gasteiger partial charge in [-0.05, 0) is 39.2 Å². The molecule has 3 rings (SSSR count). The Labute approximate surface area is 131 Å². The number of likely N-dealkylation sites (tertiary alicyclic amines) is 1. The number of hydrogen-bond acceptors (Lipinski definition) is 3. The lowest BCUT2D eigenvalue weighted by Crippen LogP contribution is -2.42. The van der Waals surface area contributed by atoms with E-state index in [0.29, 0.717) is 6.54 Å². The summed E-state index contributed by atoms with van der Waals surface area (Å²) in [6.07, 6.45) is 1.51. The third-order valence-corrected chi connectivity index (χ3v) is 4.64. The highest BCUT2D eigenvalue weighted by atomic mass is 16.6.